The number of benzene rings is 2. The van der Waals surface area contributed by atoms with Gasteiger partial charge in [0.2, 0.25) is 0 Å². The Morgan fingerprint density at radius 1 is 1.14 bits per heavy atom. The van der Waals surface area contributed by atoms with Crippen molar-refractivity contribution in [3.05, 3.63) is 71.1 Å². The molecule has 8 heteroatoms. The van der Waals surface area contributed by atoms with E-state index in [4.69, 9.17) is 17.0 Å². The van der Waals surface area contributed by atoms with Crippen LogP contribution in [-0.2, 0) is 6.54 Å². The lowest BCUT2D eigenvalue weighted by molar-refractivity contribution is 0.414. The predicted molar refractivity (Wildman–Crippen MR) is 110 cm³/mol. The first-order valence-electron chi connectivity index (χ1n) is 8.57. The second-order valence-corrected chi connectivity index (χ2v) is 6.67. The Morgan fingerprint density at radius 3 is 2.64 bits per heavy atom. The maximum atomic E-state index is 13.8. The van der Waals surface area contributed by atoms with Crippen molar-refractivity contribution >= 4 is 28.7 Å². The first-order chi connectivity index (χ1) is 13.4. The van der Waals surface area contributed by atoms with E-state index in [2.05, 4.69) is 15.7 Å². The highest BCUT2D eigenvalue weighted by molar-refractivity contribution is 7.80. The van der Waals surface area contributed by atoms with Crippen LogP contribution < -0.4 is 15.4 Å². The van der Waals surface area contributed by atoms with E-state index in [0.717, 1.165) is 40.5 Å². The molecule has 0 amide bonds. The lowest BCUT2D eigenvalue weighted by atomic mass is 10.2. The molecule has 2 N–H and O–H groups in total. The molecule has 0 unspecified atom stereocenters. The molecular formula is C20H20F2N4OS. The molecule has 0 spiro atoms. The minimum atomic E-state index is -0.716. The van der Waals surface area contributed by atoms with Crippen LogP contribution in [-0.4, -0.2) is 22.0 Å². The van der Waals surface area contributed by atoms with Crippen LogP contribution in [0.4, 0.5) is 20.2 Å². The quantitative estimate of drug-likeness (QED) is 0.609. The molecular weight excluding hydrogens is 382 g/mol. The monoisotopic (exact) mass is 402 g/mol. The summed E-state index contributed by atoms with van der Waals surface area (Å²) in [5, 5.41) is 10.5. The largest absolute Gasteiger partial charge is 0.497 e. The second kappa shape index (κ2) is 8.35. The summed E-state index contributed by atoms with van der Waals surface area (Å²) in [4.78, 5) is 0. The van der Waals surface area contributed by atoms with Crippen molar-refractivity contribution in [2.24, 2.45) is 0 Å². The standard InChI is InChI=1S/C20H20F2N4OS/c1-12-19(24-20(28)23-18-8-7-15(21)10-17(18)22)13(2)26(25-12)11-14-5-4-6-16(9-14)27-3/h4-10H,11H2,1-3H3,(H2,23,24,28). The fraction of sp³-hybridized carbons (Fsp3) is 0.200. The van der Waals surface area contributed by atoms with Crippen LogP contribution in [0.2, 0.25) is 0 Å². The Bertz CT molecular complexity index is 1020. The van der Waals surface area contributed by atoms with Crippen molar-refractivity contribution in [1.29, 1.82) is 0 Å². The minimum Gasteiger partial charge on any atom is -0.497 e. The summed E-state index contributed by atoms with van der Waals surface area (Å²) in [5.41, 5.74) is 3.51. The highest BCUT2D eigenvalue weighted by Crippen LogP contribution is 2.22. The van der Waals surface area contributed by atoms with Gasteiger partial charge in [0.1, 0.15) is 17.4 Å². The number of nitrogens with zero attached hydrogens (tertiary/aromatic N) is 2. The summed E-state index contributed by atoms with van der Waals surface area (Å²) in [6, 6.07) is 11.0. The third kappa shape index (κ3) is 4.45. The number of hydrogen-bond donors (Lipinski definition) is 2. The predicted octanol–water partition coefficient (Wildman–Crippen LogP) is 4.64. The molecule has 1 heterocycles. The zero-order chi connectivity index (χ0) is 20.3. The smallest absolute Gasteiger partial charge is 0.175 e. The first kappa shape index (κ1) is 19.8. The summed E-state index contributed by atoms with van der Waals surface area (Å²) in [5.74, 6) is -0.581. The van der Waals surface area contributed by atoms with E-state index in [0.29, 0.717) is 6.54 Å². The van der Waals surface area contributed by atoms with Crippen molar-refractivity contribution in [3.8, 4) is 5.75 Å². The maximum Gasteiger partial charge on any atom is 0.175 e. The van der Waals surface area contributed by atoms with Gasteiger partial charge in [0.15, 0.2) is 5.11 Å². The van der Waals surface area contributed by atoms with E-state index in [1.807, 2.05) is 42.8 Å². The van der Waals surface area contributed by atoms with Crippen LogP contribution in [0.1, 0.15) is 17.0 Å². The number of thiocarbonyl (C=S) groups is 1. The van der Waals surface area contributed by atoms with Gasteiger partial charge in [-0.1, -0.05) is 12.1 Å². The summed E-state index contributed by atoms with van der Waals surface area (Å²) in [7, 11) is 1.63. The van der Waals surface area contributed by atoms with Crippen LogP contribution in [0, 0.1) is 25.5 Å². The molecule has 0 aliphatic carbocycles. The Kier molecular flexibility index (Phi) is 5.89. The fourth-order valence-electron chi connectivity index (χ4n) is 2.83. The van der Waals surface area contributed by atoms with Gasteiger partial charge in [-0.05, 0) is 55.9 Å². The first-order valence-corrected chi connectivity index (χ1v) is 8.98. The topological polar surface area (TPSA) is 51.1 Å². The van der Waals surface area contributed by atoms with Crippen molar-refractivity contribution in [1.82, 2.24) is 9.78 Å². The zero-order valence-electron chi connectivity index (χ0n) is 15.7. The number of aryl methyl sites for hydroxylation is 1. The Balaban J connectivity index is 1.74. The molecule has 0 fully saturated rings. The third-order valence-electron chi connectivity index (χ3n) is 4.27. The van der Waals surface area contributed by atoms with Crippen molar-refractivity contribution in [2.45, 2.75) is 20.4 Å². The molecule has 0 saturated heterocycles. The average molecular weight is 402 g/mol. The van der Waals surface area contributed by atoms with Gasteiger partial charge in [-0.2, -0.15) is 5.10 Å². The fourth-order valence-corrected chi connectivity index (χ4v) is 3.05. The van der Waals surface area contributed by atoms with Gasteiger partial charge in [-0.15, -0.1) is 0 Å². The van der Waals surface area contributed by atoms with E-state index in [-0.39, 0.29) is 10.8 Å². The van der Waals surface area contributed by atoms with Crippen molar-refractivity contribution in [2.75, 3.05) is 17.7 Å². The van der Waals surface area contributed by atoms with E-state index in [1.165, 1.54) is 6.07 Å². The van der Waals surface area contributed by atoms with Gasteiger partial charge >= 0.3 is 0 Å². The van der Waals surface area contributed by atoms with Gasteiger partial charge < -0.3 is 15.4 Å². The molecule has 5 nitrogen and oxygen atoms in total. The van der Waals surface area contributed by atoms with E-state index < -0.39 is 11.6 Å². The van der Waals surface area contributed by atoms with Crippen molar-refractivity contribution in [3.63, 3.8) is 0 Å². The van der Waals surface area contributed by atoms with Gasteiger partial charge in [-0.25, -0.2) is 8.78 Å². The number of rotatable bonds is 5. The molecule has 0 atom stereocenters. The molecule has 0 saturated carbocycles. The van der Waals surface area contributed by atoms with Gasteiger partial charge in [0.05, 0.1) is 36.4 Å². The van der Waals surface area contributed by atoms with Crippen LogP contribution in [0.15, 0.2) is 42.5 Å². The van der Waals surface area contributed by atoms with Gasteiger partial charge in [-0.3, -0.25) is 4.68 Å². The second-order valence-electron chi connectivity index (χ2n) is 6.26. The van der Waals surface area contributed by atoms with E-state index >= 15 is 0 Å². The molecule has 0 aliphatic rings. The van der Waals surface area contributed by atoms with Gasteiger partial charge in [0, 0.05) is 6.07 Å². The summed E-state index contributed by atoms with van der Waals surface area (Å²) >= 11 is 5.27. The SMILES string of the molecule is COc1cccc(Cn2nc(C)c(NC(=S)Nc3ccc(F)cc3F)c2C)c1. The lowest BCUT2D eigenvalue weighted by Crippen LogP contribution is -2.20. The number of methoxy groups -OCH3 is 1. The minimum absolute atomic E-state index is 0.0954. The molecule has 0 aliphatic heterocycles. The highest BCUT2D eigenvalue weighted by atomic mass is 32.1. The molecule has 3 aromatic rings. The summed E-state index contributed by atoms with van der Waals surface area (Å²) < 4.78 is 33.9. The number of nitrogens with one attached hydrogen (secondary N) is 2. The molecule has 3 rings (SSSR count). The molecule has 0 radical (unpaired) electrons. The zero-order valence-corrected chi connectivity index (χ0v) is 16.5. The molecule has 146 valence electrons. The Morgan fingerprint density at radius 2 is 1.93 bits per heavy atom. The number of anilines is 2. The van der Waals surface area contributed by atoms with Crippen LogP contribution in [0.5, 0.6) is 5.75 Å². The van der Waals surface area contributed by atoms with Gasteiger partial charge in [0.25, 0.3) is 0 Å². The van der Waals surface area contributed by atoms with Crippen LogP contribution in [0.25, 0.3) is 0 Å². The molecule has 2 aromatic carbocycles. The van der Waals surface area contributed by atoms with E-state index in [9.17, 15) is 8.78 Å². The summed E-state index contributed by atoms with van der Waals surface area (Å²) in [6.07, 6.45) is 0. The molecule has 0 bridgehead atoms. The lowest BCUT2D eigenvalue weighted by Gasteiger charge is -2.12. The number of aromatic nitrogens is 2. The summed E-state index contributed by atoms with van der Waals surface area (Å²) in [6.45, 7) is 4.35. The maximum absolute atomic E-state index is 13.8. The average Bonchev–Trinajstić information content (AvgIpc) is 2.91. The third-order valence-corrected chi connectivity index (χ3v) is 4.47. The number of hydrogen-bond acceptors (Lipinski definition) is 3. The Labute approximate surface area is 167 Å². The number of ether oxygens (including phenoxy) is 1. The normalized spacial score (nSPS) is 10.6. The van der Waals surface area contributed by atoms with Crippen LogP contribution in [0.3, 0.4) is 0 Å². The van der Waals surface area contributed by atoms with Crippen LogP contribution >= 0.6 is 12.2 Å². The molecule has 28 heavy (non-hydrogen) atoms. The van der Waals surface area contributed by atoms with Crippen molar-refractivity contribution < 1.29 is 13.5 Å². The Hall–Kier alpha value is -3.00. The van der Waals surface area contributed by atoms with E-state index in [1.54, 1.807) is 7.11 Å². The number of halogens is 2. The molecule has 1 aromatic heterocycles. The highest BCUT2D eigenvalue weighted by Gasteiger charge is 2.14.